The van der Waals surface area contributed by atoms with Crippen LogP contribution in [0.5, 0.6) is 0 Å². The fourth-order valence-electron chi connectivity index (χ4n) is 3.11. The van der Waals surface area contributed by atoms with Gasteiger partial charge in [-0.2, -0.15) is 0 Å². The monoisotopic (exact) mass is 275 g/mol. The molecule has 0 aliphatic heterocycles. The SMILES string of the molecule is Cc1ccc(C)c(CC(CC(=O)O)NC2CCCC2)c1. The zero-order valence-corrected chi connectivity index (χ0v) is 12.5. The molecule has 1 fully saturated rings. The Kier molecular flexibility index (Phi) is 5.18. The average molecular weight is 275 g/mol. The van der Waals surface area contributed by atoms with Gasteiger partial charge in [-0.25, -0.2) is 0 Å². The maximum Gasteiger partial charge on any atom is 0.304 e. The normalized spacial score (nSPS) is 17.3. The smallest absolute Gasteiger partial charge is 0.304 e. The molecule has 1 aliphatic carbocycles. The number of carbonyl (C=O) groups is 1. The summed E-state index contributed by atoms with van der Waals surface area (Å²) in [4.78, 5) is 11.1. The van der Waals surface area contributed by atoms with E-state index in [0.29, 0.717) is 6.04 Å². The number of carboxylic acid groups (broad SMARTS) is 1. The van der Waals surface area contributed by atoms with Crippen LogP contribution in [0.1, 0.15) is 48.8 Å². The second-order valence-corrected chi connectivity index (χ2v) is 6.08. The van der Waals surface area contributed by atoms with Crippen molar-refractivity contribution in [1.29, 1.82) is 0 Å². The van der Waals surface area contributed by atoms with Crippen LogP contribution in [0.4, 0.5) is 0 Å². The first-order chi connectivity index (χ1) is 9.54. The van der Waals surface area contributed by atoms with Crippen molar-refractivity contribution >= 4 is 5.97 Å². The lowest BCUT2D eigenvalue weighted by atomic mass is 9.96. The molecule has 2 N–H and O–H groups in total. The Bertz CT molecular complexity index is 464. The third-order valence-corrected chi connectivity index (χ3v) is 4.22. The number of carboxylic acids is 1. The molecule has 1 atom stereocenters. The lowest BCUT2D eigenvalue weighted by molar-refractivity contribution is -0.137. The van der Waals surface area contributed by atoms with Gasteiger partial charge in [-0.1, -0.05) is 36.6 Å². The van der Waals surface area contributed by atoms with Crippen LogP contribution >= 0.6 is 0 Å². The summed E-state index contributed by atoms with van der Waals surface area (Å²) in [5.74, 6) is -0.717. The highest BCUT2D eigenvalue weighted by Gasteiger charge is 2.21. The molecule has 0 spiro atoms. The summed E-state index contributed by atoms with van der Waals surface area (Å²) < 4.78 is 0. The summed E-state index contributed by atoms with van der Waals surface area (Å²) in [5, 5.41) is 12.7. The summed E-state index contributed by atoms with van der Waals surface area (Å²) in [6, 6.07) is 6.95. The molecule has 2 rings (SSSR count). The maximum atomic E-state index is 11.1. The molecule has 0 aromatic heterocycles. The Labute approximate surface area is 121 Å². The summed E-state index contributed by atoms with van der Waals surface area (Å²) in [6.07, 6.45) is 5.90. The van der Waals surface area contributed by atoms with Crippen LogP contribution in [0, 0.1) is 13.8 Å². The van der Waals surface area contributed by atoms with E-state index in [4.69, 9.17) is 5.11 Å². The molecule has 3 nitrogen and oxygen atoms in total. The van der Waals surface area contributed by atoms with Gasteiger partial charge in [0, 0.05) is 12.1 Å². The highest BCUT2D eigenvalue weighted by molar-refractivity contribution is 5.67. The van der Waals surface area contributed by atoms with Crippen molar-refractivity contribution in [1.82, 2.24) is 5.32 Å². The van der Waals surface area contributed by atoms with E-state index in [1.54, 1.807) is 0 Å². The molecule has 3 heteroatoms. The number of rotatable bonds is 6. The van der Waals surface area contributed by atoms with Crippen molar-refractivity contribution in [3.63, 3.8) is 0 Å². The molecular weight excluding hydrogens is 250 g/mol. The minimum atomic E-state index is -0.717. The fraction of sp³-hybridized carbons (Fsp3) is 0.588. The first-order valence-electron chi connectivity index (χ1n) is 7.58. The quantitative estimate of drug-likeness (QED) is 0.838. The first kappa shape index (κ1) is 15.0. The van der Waals surface area contributed by atoms with Gasteiger partial charge in [-0.3, -0.25) is 4.79 Å². The molecule has 1 aliphatic rings. The molecule has 0 heterocycles. The number of nitrogens with one attached hydrogen (secondary N) is 1. The Balaban J connectivity index is 2.05. The molecule has 0 amide bonds. The van der Waals surface area contributed by atoms with Crippen LogP contribution < -0.4 is 5.32 Å². The zero-order chi connectivity index (χ0) is 14.5. The van der Waals surface area contributed by atoms with Crippen molar-refractivity contribution in [2.45, 2.75) is 64.5 Å². The van der Waals surface area contributed by atoms with Gasteiger partial charge in [0.05, 0.1) is 6.42 Å². The fourth-order valence-corrected chi connectivity index (χ4v) is 3.11. The Morgan fingerprint density at radius 1 is 1.35 bits per heavy atom. The van der Waals surface area contributed by atoms with E-state index in [-0.39, 0.29) is 12.5 Å². The van der Waals surface area contributed by atoms with Gasteiger partial charge in [0.2, 0.25) is 0 Å². The second kappa shape index (κ2) is 6.89. The van der Waals surface area contributed by atoms with E-state index in [9.17, 15) is 4.79 Å². The maximum absolute atomic E-state index is 11.1. The van der Waals surface area contributed by atoms with Crippen LogP contribution in [0.25, 0.3) is 0 Å². The standard InChI is InChI=1S/C17H25NO2/c1-12-7-8-13(2)14(9-12)10-16(11-17(19)20)18-15-5-3-4-6-15/h7-9,15-16,18H,3-6,10-11H2,1-2H3,(H,19,20). The minimum absolute atomic E-state index is 0.0381. The van der Waals surface area contributed by atoms with Crippen LogP contribution in [0.2, 0.25) is 0 Å². The molecule has 0 radical (unpaired) electrons. The van der Waals surface area contributed by atoms with Crippen LogP contribution in [0.3, 0.4) is 0 Å². The predicted octanol–water partition coefficient (Wildman–Crippen LogP) is 3.22. The molecule has 0 bridgehead atoms. The van der Waals surface area contributed by atoms with E-state index in [0.717, 1.165) is 6.42 Å². The third kappa shape index (κ3) is 4.34. The van der Waals surface area contributed by atoms with Crippen molar-refractivity contribution in [2.24, 2.45) is 0 Å². The summed E-state index contributed by atoms with van der Waals surface area (Å²) >= 11 is 0. The van der Waals surface area contributed by atoms with Crippen molar-refractivity contribution in [3.8, 4) is 0 Å². The van der Waals surface area contributed by atoms with E-state index in [1.807, 2.05) is 0 Å². The number of benzene rings is 1. The van der Waals surface area contributed by atoms with Crippen molar-refractivity contribution < 1.29 is 9.90 Å². The lowest BCUT2D eigenvalue weighted by Gasteiger charge is -2.22. The Hall–Kier alpha value is -1.35. The summed E-state index contributed by atoms with van der Waals surface area (Å²) in [6.45, 7) is 4.18. The number of hydrogen-bond acceptors (Lipinski definition) is 2. The molecule has 20 heavy (non-hydrogen) atoms. The van der Waals surface area contributed by atoms with E-state index in [1.165, 1.54) is 42.4 Å². The molecule has 1 saturated carbocycles. The van der Waals surface area contributed by atoms with Crippen molar-refractivity contribution in [2.75, 3.05) is 0 Å². The topological polar surface area (TPSA) is 49.3 Å². The van der Waals surface area contributed by atoms with E-state index in [2.05, 4.69) is 37.4 Å². The number of hydrogen-bond donors (Lipinski definition) is 2. The highest BCUT2D eigenvalue weighted by Crippen LogP contribution is 2.20. The minimum Gasteiger partial charge on any atom is -0.481 e. The third-order valence-electron chi connectivity index (χ3n) is 4.22. The van der Waals surface area contributed by atoms with Gasteiger partial charge in [-0.15, -0.1) is 0 Å². The Morgan fingerprint density at radius 2 is 2.05 bits per heavy atom. The first-order valence-corrected chi connectivity index (χ1v) is 7.58. The molecule has 110 valence electrons. The number of aliphatic carboxylic acids is 1. The average Bonchev–Trinajstić information content (AvgIpc) is 2.86. The Morgan fingerprint density at radius 3 is 2.70 bits per heavy atom. The van der Waals surface area contributed by atoms with Gasteiger partial charge in [0.1, 0.15) is 0 Å². The number of aryl methyl sites for hydroxylation is 2. The van der Waals surface area contributed by atoms with E-state index >= 15 is 0 Å². The van der Waals surface area contributed by atoms with Crippen molar-refractivity contribution in [3.05, 3.63) is 34.9 Å². The van der Waals surface area contributed by atoms with E-state index < -0.39 is 5.97 Å². The lowest BCUT2D eigenvalue weighted by Crippen LogP contribution is -2.39. The molecular formula is C17H25NO2. The largest absolute Gasteiger partial charge is 0.481 e. The van der Waals surface area contributed by atoms with Gasteiger partial charge in [0.15, 0.2) is 0 Å². The van der Waals surface area contributed by atoms with Gasteiger partial charge < -0.3 is 10.4 Å². The van der Waals surface area contributed by atoms with Crippen LogP contribution in [-0.4, -0.2) is 23.2 Å². The molecule has 1 aromatic rings. The molecule has 1 aromatic carbocycles. The summed E-state index contributed by atoms with van der Waals surface area (Å²) in [7, 11) is 0. The summed E-state index contributed by atoms with van der Waals surface area (Å²) in [5.41, 5.74) is 3.75. The van der Waals surface area contributed by atoms with Gasteiger partial charge in [-0.05, 0) is 44.2 Å². The predicted molar refractivity (Wildman–Crippen MR) is 81.1 cm³/mol. The zero-order valence-electron chi connectivity index (χ0n) is 12.5. The molecule has 1 unspecified atom stereocenters. The second-order valence-electron chi connectivity index (χ2n) is 6.08. The van der Waals surface area contributed by atoms with Crippen LogP contribution in [0.15, 0.2) is 18.2 Å². The molecule has 0 saturated heterocycles. The van der Waals surface area contributed by atoms with Crippen LogP contribution in [-0.2, 0) is 11.2 Å². The van der Waals surface area contributed by atoms with Gasteiger partial charge >= 0.3 is 5.97 Å². The van der Waals surface area contributed by atoms with Gasteiger partial charge in [0.25, 0.3) is 0 Å². The highest BCUT2D eigenvalue weighted by atomic mass is 16.4.